The molecular formula is C13H22O3. The van der Waals surface area contributed by atoms with Crippen LogP contribution in [0, 0.1) is 11.3 Å². The first-order valence-electron chi connectivity index (χ1n) is 6.19. The van der Waals surface area contributed by atoms with E-state index in [9.17, 15) is 9.59 Å². The van der Waals surface area contributed by atoms with Crippen LogP contribution >= 0.6 is 0 Å². The molecule has 1 saturated carbocycles. The molecule has 1 rings (SSSR count). The summed E-state index contributed by atoms with van der Waals surface area (Å²) < 4.78 is 5.10. The summed E-state index contributed by atoms with van der Waals surface area (Å²) in [5.74, 6) is 0.104. The molecule has 0 heterocycles. The van der Waals surface area contributed by atoms with Gasteiger partial charge in [0.25, 0.3) is 0 Å². The summed E-state index contributed by atoms with van der Waals surface area (Å²) in [5, 5.41) is 0. The Labute approximate surface area is 97.5 Å². The van der Waals surface area contributed by atoms with E-state index in [1.165, 1.54) is 0 Å². The highest BCUT2D eigenvalue weighted by atomic mass is 16.5. The van der Waals surface area contributed by atoms with Crippen molar-refractivity contribution in [3.63, 3.8) is 0 Å². The van der Waals surface area contributed by atoms with Gasteiger partial charge in [0.15, 0.2) is 0 Å². The summed E-state index contributed by atoms with van der Waals surface area (Å²) in [6.07, 6.45) is 3.88. The number of hydrogen-bond acceptors (Lipinski definition) is 3. The van der Waals surface area contributed by atoms with Crippen LogP contribution in [0.4, 0.5) is 0 Å². The number of hydrogen-bond donors (Lipinski definition) is 0. The fourth-order valence-corrected chi connectivity index (χ4v) is 2.26. The monoisotopic (exact) mass is 226 g/mol. The van der Waals surface area contributed by atoms with E-state index in [4.69, 9.17) is 4.74 Å². The van der Waals surface area contributed by atoms with Crippen LogP contribution in [0.15, 0.2) is 0 Å². The fourth-order valence-electron chi connectivity index (χ4n) is 2.26. The third-order valence-corrected chi connectivity index (χ3v) is 3.47. The normalized spacial score (nSPS) is 29.4. The topological polar surface area (TPSA) is 43.4 Å². The zero-order chi connectivity index (χ0) is 12.2. The first-order chi connectivity index (χ1) is 7.49. The van der Waals surface area contributed by atoms with Gasteiger partial charge in [-0.3, -0.25) is 9.59 Å². The van der Waals surface area contributed by atoms with E-state index in [0.717, 1.165) is 25.7 Å². The van der Waals surface area contributed by atoms with Gasteiger partial charge < -0.3 is 4.74 Å². The average molecular weight is 226 g/mol. The Morgan fingerprint density at radius 1 is 1.56 bits per heavy atom. The molecule has 0 amide bonds. The minimum atomic E-state index is -0.470. The van der Waals surface area contributed by atoms with Gasteiger partial charge >= 0.3 is 5.97 Å². The lowest BCUT2D eigenvalue weighted by molar-refractivity contribution is -0.149. The number of ketones is 1. The lowest BCUT2D eigenvalue weighted by atomic mass is 9.83. The Bertz CT molecular complexity index is 272. The molecule has 2 unspecified atom stereocenters. The summed E-state index contributed by atoms with van der Waals surface area (Å²) in [6.45, 7) is 6.36. The quantitative estimate of drug-likeness (QED) is 0.534. The predicted octanol–water partition coefficient (Wildman–Crippen LogP) is 2.73. The lowest BCUT2D eigenvalue weighted by Gasteiger charge is -2.20. The molecule has 0 saturated heterocycles. The van der Waals surface area contributed by atoms with Crippen molar-refractivity contribution in [1.82, 2.24) is 0 Å². The second kappa shape index (κ2) is 5.46. The molecule has 0 aromatic heterocycles. The molecular weight excluding hydrogens is 204 g/mol. The molecule has 0 N–H and O–H groups in total. The molecule has 2 atom stereocenters. The van der Waals surface area contributed by atoms with Crippen molar-refractivity contribution in [1.29, 1.82) is 0 Å². The van der Waals surface area contributed by atoms with E-state index in [1.54, 1.807) is 0 Å². The summed E-state index contributed by atoms with van der Waals surface area (Å²) in [4.78, 5) is 23.4. The van der Waals surface area contributed by atoms with E-state index in [0.29, 0.717) is 6.61 Å². The van der Waals surface area contributed by atoms with Gasteiger partial charge in [-0.05, 0) is 19.3 Å². The SMILES string of the molecule is CCCCOC(=O)CC1(C)CCC(C)C1=O. The van der Waals surface area contributed by atoms with Crippen LogP contribution in [0.2, 0.25) is 0 Å². The van der Waals surface area contributed by atoms with Gasteiger partial charge in [0.05, 0.1) is 13.0 Å². The van der Waals surface area contributed by atoms with Crippen LogP contribution in [-0.4, -0.2) is 18.4 Å². The largest absolute Gasteiger partial charge is 0.466 e. The number of rotatable bonds is 5. The standard InChI is InChI=1S/C13H22O3/c1-4-5-8-16-11(14)9-13(3)7-6-10(2)12(13)15/h10H,4-9H2,1-3H3. The van der Waals surface area contributed by atoms with Crippen LogP contribution in [-0.2, 0) is 14.3 Å². The van der Waals surface area contributed by atoms with Gasteiger partial charge in [-0.2, -0.15) is 0 Å². The Morgan fingerprint density at radius 2 is 2.25 bits per heavy atom. The van der Waals surface area contributed by atoms with Gasteiger partial charge in [0, 0.05) is 11.3 Å². The molecule has 0 spiro atoms. The Balaban J connectivity index is 2.41. The minimum absolute atomic E-state index is 0.105. The van der Waals surface area contributed by atoms with Gasteiger partial charge in [-0.1, -0.05) is 27.2 Å². The second-order valence-corrected chi connectivity index (χ2v) is 5.12. The summed E-state index contributed by atoms with van der Waals surface area (Å²) in [5.41, 5.74) is -0.470. The third kappa shape index (κ3) is 3.06. The van der Waals surface area contributed by atoms with Crippen molar-refractivity contribution in [2.45, 2.75) is 52.9 Å². The van der Waals surface area contributed by atoms with Gasteiger partial charge in [0.2, 0.25) is 0 Å². The third-order valence-electron chi connectivity index (χ3n) is 3.47. The van der Waals surface area contributed by atoms with Crippen LogP contribution in [0.25, 0.3) is 0 Å². The maximum absolute atomic E-state index is 11.9. The average Bonchev–Trinajstić information content (AvgIpc) is 2.47. The Hall–Kier alpha value is -0.860. The number of ether oxygens (including phenoxy) is 1. The molecule has 16 heavy (non-hydrogen) atoms. The van der Waals surface area contributed by atoms with Crippen LogP contribution in [0.5, 0.6) is 0 Å². The van der Waals surface area contributed by atoms with E-state index in [1.807, 2.05) is 13.8 Å². The summed E-state index contributed by atoms with van der Waals surface area (Å²) in [7, 11) is 0. The number of esters is 1. The van der Waals surface area contributed by atoms with Crippen molar-refractivity contribution < 1.29 is 14.3 Å². The fraction of sp³-hybridized carbons (Fsp3) is 0.846. The summed E-state index contributed by atoms with van der Waals surface area (Å²) >= 11 is 0. The zero-order valence-electron chi connectivity index (χ0n) is 10.5. The van der Waals surface area contributed by atoms with Crippen molar-refractivity contribution >= 4 is 11.8 Å². The van der Waals surface area contributed by atoms with Crippen LogP contribution in [0.1, 0.15) is 52.9 Å². The molecule has 0 bridgehead atoms. The smallest absolute Gasteiger partial charge is 0.306 e. The van der Waals surface area contributed by atoms with Gasteiger partial charge in [-0.15, -0.1) is 0 Å². The molecule has 3 heteroatoms. The van der Waals surface area contributed by atoms with E-state index < -0.39 is 5.41 Å². The molecule has 0 radical (unpaired) electrons. The molecule has 1 aliphatic carbocycles. The summed E-state index contributed by atoms with van der Waals surface area (Å²) in [6, 6.07) is 0. The van der Waals surface area contributed by atoms with E-state index in [2.05, 4.69) is 6.92 Å². The highest BCUT2D eigenvalue weighted by Crippen LogP contribution is 2.40. The van der Waals surface area contributed by atoms with Gasteiger partial charge in [-0.25, -0.2) is 0 Å². The number of unbranched alkanes of at least 4 members (excludes halogenated alkanes) is 1. The van der Waals surface area contributed by atoms with Crippen molar-refractivity contribution in [2.24, 2.45) is 11.3 Å². The maximum Gasteiger partial charge on any atom is 0.306 e. The zero-order valence-corrected chi connectivity index (χ0v) is 10.5. The van der Waals surface area contributed by atoms with E-state index in [-0.39, 0.29) is 24.1 Å². The molecule has 3 nitrogen and oxygen atoms in total. The number of Topliss-reactive ketones (excluding diaryl/α,β-unsaturated/α-hetero) is 1. The Kier molecular flexibility index (Phi) is 4.51. The molecule has 1 fully saturated rings. The molecule has 0 aromatic rings. The van der Waals surface area contributed by atoms with Gasteiger partial charge in [0.1, 0.15) is 5.78 Å². The predicted molar refractivity (Wildman–Crippen MR) is 62.0 cm³/mol. The molecule has 92 valence electrons. The second-order valence-electron chi connectivity index (χ2n) is 5.12. The first-order valence-corrected chi connectivity index (χ1v) is 6.19. The lowest BCUT2D eigenvalue weighted by Crippen LogP contribution is -2.28. The van der Waals surface area contributed by atoms with E-state index >= 15 is 0 Å². The van der Waals surface area contributed by atoms with Crippen molar-refractivity contribution in [2.75, 3.05) is 6.61 Å². The Morgan fingerprint density at radius 3 is 2.75 bits per heavy atom. The molecule has 0 aliphatic heterocycles. The highest BCUT2D eigenvalue weighted by molar-refractivity contribution is 5.91. The van der Waals surface area contributed by atoms with Crippen molar-refractivity contribution in [3.05, 3.63) is 0 Å². The highest BCUT2D eigenvalue weighted by Gasteiger charge is 2.43. The number of carbonyl (C=O) groups is 2. The number of carbonyl (C=O) groups excluding carboxylic acids is 2. The minimum Gasteiger partial charge on any atom is -0.466 e. The first kappa shape index (κ1) is 13.2. The van der Waals surface area contributed by atoms with Crippen LogP contribution in [0.3, 0.4) is 0 Å². The maximum atomic E-state index is 11.9. The van der Waals surface area contributed by atoms with Crippen molar-refractivity contribution in [3.8, 4) is 0 Å². The molecule has 0 aromatic carbocycles. The van der Waals surface area contributed by atoms with Crippen LogP contribution < -0.4 is 0 Å². The molecule has 1 aliphatic rings.